The lowest BCUT2D eigenvalue weighted by molar-refractivity contribution is 0.0963. The highest BCUT2D eigenvalue weighted by Gasteiger charge is 2.50. The predicted octanol–water partition coefficient (Wildman–Crippen LogP) is 4.27. The van der Waals surface area contributed by atoms with Crippen LogP contribution in [0.25, 0.3) is 0 Å². The molecule has 0 radical (unpaired) electrons. The molecule has 2 aliphatic carbocycles. The van der Waals surface area contributed by atoms with Crippen molar-refractivity contribution in [2.24, 2.45) is 0 Å². The zero-order valence-corrected chi connectivity index (χ0v) is 16.0. The number of carbonyl (C=O) groups excluding carboxylic acids is 1. The molecule has 1 heterocycles. The molecule has 1 N–H and O–H groups in total. The van der Waals surface area contributed by atoms with Crippen LogP contribution in [0.3, 0.4) is 0 Å². The van der Waals surface area contributed by atoms with Gasteiger partial charge in [-0.15, -0.1) is 0 Å². The maximum atomic E-state index is 12.7. The van der Waals surface area contributed by atoms with E-state index >= 15 is 0 Å². The van der Waals surface area contributed by atoms with Gasteiger partial charge in [0.2, 0.25) is 0 Å². The fourth-order valence-corrected chi connectivity index (χ4v) is 4.38. The van der Waals surface area contributed by atoms with E-state index in [0.29, 0.717) is 5.92 Å². The van der Waals surface area contributed by atoms with Gasteiger partial charge in [-0.3, -0.25) is 4.79 Å². The maximum Gasteiger partial charge on any atom is 0.251 e. The van der Waals surface area contributed by atoms with Crippen LogP contribution >= 0.6 is 0 Å². The van der Waals surface area contributed by atoms with Gasteiger partial charge in [-0.2, -0.15) is 0 Å². The summed E-state index contributed by atoms with van der Waals surface area (Å²) in [6, 6.07) is 13.0. The van der Waals surface area contributed by atoms with E-state index in [1.807, 2.05) is 24.3 Å². The zero-order chi connectivity index (χ0) is 19.0. The smallest absolute Gasteiger partial charge is 0.251 e. The Balaban J connectivity index is 0.000000134. The first-order chi connectivity index (χ1) is 13.1. The first-order valence-electron chi connectivity index (χ1n) is 9.86. The molecule has 0 aromatic heterocycles. The number of nitrogens with one attached hydrogen (secondary N) is 1. The Bertz CT molecular complexity index is 825. The van der Waals surface area contributed by atoms with Crippen LogP contribution in [0.15, 0.2) is 42.5 Å². The van der Waals surface area contributed by atoms with Crippen molar-refractivity contribution in [2.45, 2.75) is 37.0 Å². The van der Waals surface area contributed by atoms with E-state index in [2.05, 4.69) is 23.3 Å². The highest BCUT2D eigenvalue weighted by Crippen LogP contribution is 2.65. The molecule has 0 spiro atoms. The van der Waals surface area contributed by atoms with E-state index in [0.717, 1.165) is 30.5 Å². The van der Waals surface area contributed by atoms with Crippen molar-refractivity contribution < 1.29 is 9.18 Å². The lowest BCUT2D eigenvalue weighted by Gasteiger charge is -2.29. The van der Waals surface area contributed by atoms with Gasteiger partial charge in [-0.1, -0.05) is 18.2 Å². The van der Waals surface area contributed by atoms with Gasteiger partial charge in [0.15, 0.2) is 0 Å². The van der Waals surface area contributed by atoms with Crippen molar-refractivity contribution in [1.29, 1.82) is 0 Å². The van der Waals surface area contributed by atoms with Crippen molar-refractivity contribution in [3.05, 3.63) is 70.5 Å². The summed E-state index contributed by atoms with van der Waals surface area (Å²) in [5.41, 5.74) is 4.97. The zero-order valence-electron chi connectivity index (χ0n) is 16.0. The van der Waals surface area contributed by atoms with Crippen molar-refractivity contribution in [3.8, 4) is 0 Å². The number of benzene rings is 2. The molecule has 3 aliphatic rings. The van der Waals surface area contributed by atoms with Gasteiger partial charge in [0, 0.05) is 12.6 Å². The number of halogens is 1. The molecule has 1 amide bonds. The van der Waals surface area contributed by atoms with E-state index in [1.54, 1.807) is 19.2 Å². The molecule has 142 valence electrons. The Morgan fingerprint density at radius 1 is 1.04 bits per heavy atom. The minimum atomic E-state index is -0.137. The second-order valence-electron chi connectivity index (χ2n) is 8.00. The number of nitrogens with zero attached hydrogens (tertiary/aromatic N) is 1. The number of amides is 1. The second kappa shape index (κ2) is 7.43. The normalized spacial score (nSPS) is 23.2. The summed E-state index contributed by atoms with van der Waals surface area (Å²) >= 11 is 0. The fraction of sp³-hybridized carbons (Fsp3) is 0.435. The van der Waals surface area contributed by atoms with Crippen LogP contribution in [0, 0.1) is 5.82 Å². The Morgan fingerprint density at radius 3 is 2.37 bits per heavy atom. The van der Waals surface area contributed by atoms with Crippen LogP contribution in [-0.4, -0.2) is 38.0 Å². The third kappa shape index (κ3) is 3.77. The van der Waals surface area contributed by atoms with Crippen LogP contribution in [0.5, 0.6) is 0 Å². The molecular formula is C23H27FN2O. The van der Waals surface area contributed by atoms with Crippen molar-refractivity contribution in [1.82, 2.24) is 10.2 Å². The summed E-state index contributed by atoms with van der Waals surface area (Å²) in [6.45, 7) is 2.31. The highest BCUT2D eigenvalue weighted by atomic mass is 19.1. The molecule has 0 bridgehead atoms. The van der Waals surface area contributed by atoms with Crippen LogP contribution in [-0.2, 0) is 0 Å². The molecule has 2 atom stereocenters. The summed E-state index contributed by atoms with van der Waals surface area (Å²) < 4.78 is 12.7. The number of piperidine rings is 1. The Hall–Kier alpha value is -2.20. The number of hydrogen-bond acceptors (Lipinski definition) is 2. The van der Waals surface area contributed by atoms with Crippen LogP contribution in [0.1, 0.15) is 64.1 Å². The molecule has 4 heteroatoms. The number of carbonyl (C=O) groups is 1. The Kier molecular flexibility index (Phi) is 5.00. The summed E-state index contributed by atoms with van der Waals surface area (Å²) in [5.74, 6) is 2.15. The lowest BCUT2D eigenvalue weighted by atomic mass is 9.87. The van der Waals surface area contributed by atoms with E-state index < -0.39 is 0 Å². The van der Waals surface area contributed by atoms with E-state index in [1.165, 1.54) is 36.0 Å². The molecule has 27 heavy (non-hydrogen) atoms. The molecule has 3 nitrogen and oxygen atoms in total. The summed E-state index contributed by atoms with van der Waals surface area (Å²) in [4.78, 5) is 13.7. The van der Waals surface area contributed by atoms with Gasteiger partial charge >= 0.3 is 0 Å². The van der Waals surface area contributed by atoms with Gasteiger partial charge in [0.25, 0.3) is 5.91 Å². The second-order valence-corrected chi connectivity index (χ2v) is 8.00. The van der Waals surface area contributed by atoms with E-state index in [-0.39, 0.29) is 11.7 Å². The van der Waals surface area contributed by atoms with Gasteiger partial charge in [-0.05, 0) is 98.1 Å². The van der Waals surface area contributed by atoms with E-state index in [9.17, 15) is 9.18 Å². The minimum Gasteiger partial charge on any atom is -0.355 e. The Labute approximate surface area is 160 Å². The first-order valence-corrected chi connectivity index (χ1v) is 9.86. The number of likely N-dealkylation sites (tertiary alicyclic amines) is 1. The average molecular weight is 366 g/mol. The summed E-state index contributed by atoms with van der Waals surface area (Å²) in [7, 11) is 3.82. The fourth-order valence-electron chi connectivity index (χ4n) is 4.38. The lowest BCUT2D eigenvalue weighted by Crippen LogP contribution is -2.29. The van der Waals surface area contributed by atoms with E-state index in [4.69, 9.17) is 0 Å². The molecule has 1 aliphatic heterocycles. The molecule has 2 aromatic rings. The van der Waals surface area contributed by atoms with Gasteiger partial charge in [0.1, 0.15) is 5.82 Å². The van der Waals surface area contributed by atoms with Gasteiger partial charge in [0.05, 0.1) is 0 Å². The molecule has 2 aromatic carbocycles. The summed E-state index contributed by atoms with van der Waals surface area (Å²) in [5, 5.41) is 2.64. The van der Waals surface area contributed by atoms with Crippen molar-refractivity contribution in [3.63, 3.8) is 0 Å². The van der Waals surface area contributed by atoms with Gasteiger partial charge < -0.3 is 10.2 Å². The Morgan fingerprint density at radius 2 is 1.70 bits per heavy atom. The molecule has 1 saturated carbocycles. The number of fused-ring (bicyclic) bond motifs is 4. The van der Waals surface area contributed by atoms with Crippen LogP contribution in [0.4, 0.5) is 4.39 Å². The molecular weight excluding hydrogens is 339 g/mol. The number of rotatable bonds is 2. The van der Waals surface area contributed by atoms with Crippen molar-refractivity contribution >= 4 is 5.91 Å². The maximum absolute atomic E-state index is 12.7. The van der Waals surface area contributed by atoms with Crippen LogP contribution < -0.4 is 5.32 Å². The third-order valence-electron chi connectivity index (χ3n) is 6.23. The number of hydrogen-bond donors (Lipinski definition) is 1. The van der Waals surface area contributed by atoms with Crippen LogP contribution in [0.2, 0.25) is 0 Å². The standard InChI is InChI=1S/C12H16FN.C11H11NO/c1-14-8-6-11(7-9-14)10-2-4-12(13)5-3-10;1-12-11(13)6-2-3-7-8(4-6)10-5-9(7)10/h2-5,11H,6-9H2,1H3;2-4,9-10H,5H2,1H3,(H,12,13). The quantitative estimate of drug-likeness (QED) is 0.861. The highest BCUT2D eigenvalue weighted by molar-refractivity contribution is 5.94. The molecule has 5 rings (SSSR count). The predicted molar refractivity (Wildman–Crippen MR) is 106 cm³/mol. The van der Waals surface area contributed by atoms with Gasteiger partial charge in [-0.25, -0.2) is 4.39 Å². The third-order valence-corrected chi connectivity index (χ3v) is 6.23. The topological polar surface area (TPSA) is 32.3 Å². The molecule has 2 fully saturated rings. The average Bonchev–Trinajstić information content (AvgIpc) is 3.42. The summed E-state index contributed by atoms with van der Waals surface area (Å²) in [6.07, 6.45) is 3.71. The molecule has 1 saturated heterocycles. The van der Waals surface area contributed by atoms with Crippen molar-refractivity contribution in [2.75, 3.05) is 27.2 Å². The SMILES string of the molecule is CN1CCC(c2ccc(F)cc2)CC1.CNC(=O)c1ccc2c(c1)C1CC21. The monoisotopic (exact) mass is 366 g/mol. The molecule has 2 unspecified atom stereocenters. The first kappa shape index (κ1) is 18.2. The largest absolute Gasteiger partial charge is 0.355 e. The minimum absolute atomic E-state index is 0.0203.